The number of carbonyl (C=O) groups excluding carboxylic acids is 1. The van der Waals surface area contributed by atoms with Gasteiger partial charge in [0.15, 0.2) is 0 Å². The average molecular weight is 486 g/mol. The fourth-order valence-electron chi connectivity index (χ4n) is 4.49. The van der Waals surface area contributed by atoms with Gasteiger partial charge < -0.3 is 10.2 Å². The van der Waals surface area contributed by atoms with Gasteiger partial charge in [0.1, 0.15) is 10.7 Å². The Labute approximate surface area is 200 Å². The second-order valence-corrected chi connectivity index (χ2v) is 10.6. The molecule has 0 radical (unpaired) electrons. The van der Waals surface area contributed by atoms with E-state index in [9.17, 15) is 13.2 Å². The van der Waals surface area contributed by atoms with Crippen LogP contribution in [-0.4, -0.2) is 44.7 Å². The number of nitrogens with one attached hydrogen (secondary N) is 1. The van der Waals surface area contributed by atoms with Crippen molar-refractivity contribution in [1.29, 1.82) is 0 Å². The topological polar surface area (TPSA) is 78.8 Å². The number of amidine groups is 1. The summed E-state index contributed by atoms with van der Waals surface area (Å²) in [5.41, 5.74) is 3.69. The van der Waals surface area contributed by atoms with Gasteiger partial charge in [-0.25, -0.2) is 0 Å². The van der Waals surface area contributed by atoms with Gasteiger partial charge in [-0.3, -0.25) is 4.79 Å². The van der Waals surface area contributed by atoms with E-state index >= 15 is 0 Å². The van der Waals surface area contributed by atoms with E-state index in [0.29, 0.717) is 54.5 Å². The molecule has 2 aromatic rings. The zero-order chi connectivity index (χ0) is 23.6. The molecule has 0 aromatic heterocycles. The van der Waals surface area contributed by atoms with Gasteiger partial charge in [-0.1, -0.05) is 48.0 Å². The maximum atomic E-state index is 12.8. The van der Waals surface area contributed by atoms with E-state index in [1.165, 1.54) is 11.1 Å². The van der Waals surface area contributed by atoms with E-state index in [1.807, 2.05) is 17.0 Å². The number of rotatable bonds is 5. The molecule has 2 aliphatic heterocycles. The van der Waals surface area contributed by atoms with Crippen molar-refractivity contribution in [2.75, 3.05) is 19.6 Å². The van der Waals surface area contributed by atoms with Crippen LogP contribution in [0.5, 0.6) is 0 Å². The number of likely N-dealkylation sites (tertiary alicyclic amines) is 1. The molecule has 2 aromatic carbocycles. The van der Waals surface area contributed by atoms with Gasteiger partial charge in [0, 0.05) is 36.1 Å². The largest absolute Gasteiger partial charge is 0.356 e. The second-order valence-electron chi connectivity index (χ2n) is 8.58. The molecule has 2 aliphatic rings. The van der Waals surface area contributed by atoms with Crippen molar-refractivity contribution in [2.24, 2.45) is 10.3 Å². The van der Waals surface area contributed by atoms with E-state index in [0.717, 1.165) is 6.42 Å². The van der Waals surface area contributed by atoms with Crippen molar-refractivity contribution in [2.45, 2.75) is 33.1 Å². The Bertz CT molecular complexity index is 1210. The highest BCUT2D eigenvalue weighted by molar-refractivity contribution is 8.00. The number of nitrogens with zero attached hydrogens (tertiary/aromatic N) is 2. The zero-order valence-electron chi connectivity index (χ0n) is 18.8. The molecule has 1 N–H and O–H groups in total. The fraction of sp³-hybridized carbons (Fsp3) is 0.360. The van der Waals surface area contributed by atoms with Crippen LogP contribution in [0.3, 0.4) is 0 Å². The summed E-state index contributed by atoms with van der Waals surface area (Å²) in [6.07, 6.45) is 2.14. The molecule has 4 rings (SSSR count). The first-order chi connectivity index (χ1) is 15.8. The Morgan fingerprint density at radius 2 is 1.76 bits per heavy atom. The number of aryl methyl sites for hydroxylation is 1. The van der Waals surface area contributed by atoms with Crippen LogP contribution >= 0.6 is 11.6 Å². The van der Waals surface area contributed by atoms with Gasteiger partial charge in [0.2, 0.25) is 5.91 Å². The molecule has 33 heavy (non-hydrogen) atoms. The molecule has 6 nitrogen and oxygen atoms in total. The first kappa shape index (κ1) is 23.5. The molecule has 1 saturated heterocycles. The summed E-state index contributed by atoms with van der Waals surface area (Å²) in [6, 6.07) is 14.9. The van der Waals surface area contributed by atoms with Crippen molar-refractivity contribution < 1.29 is 13.2 Å². The van der Waals surface area contributed by atoms with Gasteiger partial charge in [0.25, 0.3) is 10.0 Å². The Hall–Kier alpha value is -2.64. The van der Waals surface area contributed by atoms with Crippen LogP contribution in [0.2, 0.25) is 5.02 Å². The molecule has 0 spiro atoms. The number of sulfonamides is 1. The molecule has 2 heterocycles. The summed E-state index contributed by atoms with van der Waals surface area (Å²) in [5.74, 6) is 0.480. The van der Waals surface area contributed by atoms with Crippen molar-refractivity contribution >= 4 is 38.3 Å². The molecular formula is C25H28ClN3O3S. The monoisotopic (exact) mass is 485 g/mol. The molecular weight excluding hydrogens is 458 g/mol. The van der Waals surface area contributed by atoms with E-state index in [1.54, 1.807) is 31.2 Å². The SMILES string of the molecule is CC1=C(c2ccc(Cl)cc2)S(=O)(=O)N=C1N1CCC(C(=O)NCCc2ccccc2C)CC1. The number of benzene rings is 2. The van der Waals surface area contributed by atoms with E-state index < -0.39 is 10.0 Å². The lowest BCUT2D eigenvalue weighted by Gasteiger charge is -2.32. The minimum absolute atomic E-state index is 0.0679. The maximum absolute atomic E-state index is 12.8. The van der Waals surface area contributed by atoms with Gasteiger partial charge in [-0.15, -0.1) is 4.40 Å². The predicted molar refractivity (Wildman–Crippen MR) is 133 cm³/mol. The summed E-state index contributed by atoms with van der Waals surface area (Å²) in [5, 5.41) is 3.61. The highest BCUT2D eigenvalue weighted by Gasteiger charge is 2.35. The maximum Gasteiger partial charge on any atom is 0.285 e. The molecule has 0 saturated carbocycles. The van der Waals surface area contributed by atoms with Crippen LogP contribution < -0.4 is 5.32 Å². The highest BCUT2D eigenvalue weighted by atomic mass is 35.5. The predicted octanol–water partition coefficient (Wildman–Crippen LogP) is 4.19. The van der Waals surface area contributed by atoms with E-state index in [-0.39, 0.29) is 16.7 Å². The van der Waals surface area contributed by atoms with Crippen molar-refractivity contribution in [3.05, 3.63) is 75.8 Å². The summed E-state index contributed by atoms with van der Waals surface area (Å²) in [6.45, 7) is 5.66. The van der Waals surface area contributed by atoms with E-state index in [4.69, 9.17) is 11.6 Å². The molecule has 0 aliphatic carbocycles. The van der Waals surface area contributed by atoms with E-state index in [2.05, 4.69) is 28.8 Å². The molecule has 1 fully saturated rings. The number of halogens is 1. The average Bonchev–Trinajstić information content (AvgIpc) is 3.04. The summed E-state index contributed by atoms with van der Waals surface area (Å²) >= 11 is 5.95. The molecule has 1 amide bonds. The van der Waals surface area contributed by atoms with Crippen LogP contribution in [-0.2, 0) is 21.2 Å². The Balaban J connectivity index is 1.36. The summed E-state index contributed by atoms with van der Waals surface area (Å²) in [7, 11) is -3.77. The molecule has 8 heteroatoms. The van der Waals surface area contributed by atoms with Crippen LogP contribution in [0, 0.1) is 12.8 Å². The molecule has 174 valence electrons. The Morgan fingerprint density at radius 3 is 2.42 bits per heavy atom. The third kappa shape index (κ3) is 5.14. The number of amides is 1. The Kier molecular flexibility index (Phi) is 6.91. The number of carbonyl (C=O) groups is 1. The highest BCUT2D eigenvalue weighted by Crippen LogP contribution is 2.35. The van der Waals surface area contributed by atoms with Crippen LogP contribution in [0.4, 0.5) is 0 Å². The quantitative estimate of drug-likeness (QED) is 0.688. The standard InChI is InChI=1S/C25H28ClN3O3S/c1-17-5-3-4-6-19(17)11-14-27-25(30)21-12-15-29(16-13-21)24-18(2)23(33(31,32)28-24)20-7-9-22(26)10-8-20/h3-10,21H,11-16H2,1-2H3,(H,27,30). The summed E-state index contributed by atoms with van der Waals surface area (Å²) in [4.78, 5) is 14.9. The number of piperidine rings is 1. The minimum Gasteiger partial charge on any atom is -0.356 e. The first-order valence-electron chi connectivity index (χ1n) is 11.2. The third-order valence-corrected chi connectivity index (χ3v) is 8.09. The fourth-order valence-corrected chi connectivity index (χ4v) is 6.10. The van der Waals surface area contributed by atoms with Crippen molar-refractivity contribution in [3.63, 3.8) is 0 Å². The van der Waals surface area contributed by atoms with Crippen LogP contribution in [0.1, 0.15) is 36.5 Å². The smallest absolute Gasteiger partial charge is 0.285 e. The summed E-state index contributed by atoms with van der Waals surface area (Å²) < 4.78 is 29.6. The van der Waals surface area contributed by atoms with Crippen molar-refractivity contribution in [1.82, 2.24) is 10.2 Å². The third-order valence-electron chi connectivity index (χ3n) is 6.37. The van der Waals surface area contributed by atoms with Gasteiger partial charge >= 0.3 is 0 Å². The van der Waals surface area contributed by atoms with Gasteiger partial charge in [0.05, 0.1) is 0 Å². The Morgan fingerprint density at radius 1 is 1.09 bits per heavy atom. The van der Waals surface area contributed by atoms with Gasteiger partial charge in [-0.05, 0) is 61.9 Å². The molecule has 0 unspecified atom stereocenters. The minimum atomic E-state index is -3.77. The molecule has 0 atom stereocenters. The van der Waals surface area contributed by atoms with Crippen LogP contribution in [0.15, 0.2) is 58.5 Å². The molecule has 0 bridgehead atoms. The lowest BCUT2D eigenvalue weighted by molar-refractivity contribution is -0.126. The van der Waals surface area contributed by atoms with Crippen LogP contribution in [0.25, 0.3) is 4.91 Å². The number of hydrogen-bond donors (Lipinski definition) is 1. The lowest BCUT2D eigenvalue weighted by atomic mass is 9.95. The van der Waals surface area contributed by atoms with Crippen molar-refractivity contribution in [3.8, 4) is 0 Å². The zero-order valence-corrected chi connectivity index (χ0v) is 20.4. The normalized spacial score (nSPS) is 18.4. The number of hydrogen-bond acceptors (Lipinski definition) is 4. The lowest BCUT2D eigenvalue weighted by Crippen LogP contribution is -2.43. The first-order valence-corrected chi connectivity index (χ1v) is 13.0. The van der Waals surface area contributed by atoms with Gasteiger partial charge in [-0.2, -0.15) is 8.42 Å². The second kappa shape index (κ2) is 9.69.